The highest BCUT2D eigenvalue weighted by molar-refractivity contribution is 6.32. The zero-order valence-corrected chi connectivity index (χ0v) is 13.2. The number of nitrogens with zero attached hydrogens (tertiary/aromatic N) is 1. The number of fused-ring (bicyclic) bond motifs is 1. The first-order chi connectivity index (χ1) is 10.2. The van der Waals surface area contributed by atoms with E-state index >= 15 is 0 Å². The Kier molecular flexibility index (Phi) is 4.03. The Morgan fingerprint density at radius 3 is 2.90 bits per heavy atom. The Morgan fingerprint density at radius 1 is 1.24 bits per heavy atom. The average Bonchev–Trinajstić information content (AvgIpc) is 2.75. The number of hydrogen-bond donors (Lipinski definition) is 0. The summed E-state index contributed by atoms with van der Waals surface area (Å²) in [7, 11) is 0. The van der Waals surface area contributed by atoms with Gasteiger partial charge in [-0.1, -0.05) is 55.5 Å². The van der Waals surface area contributed by atoms with Crippen LogP contribution in [-0.4, -0.2) is 4.90 Å². The van der Waals surface area contributed by atoms with Crippen LogP contribution in [0.4, 0.5) is 0 Å². The monoisotopic (exact) mass is 297 g/mol. The van der Waals surface area contributed by atoms with Gasteiger partial charge in [-0.2, -0.15) is 0 Å². The first-order valence-electron chi connectivity index (χ1n) is 7.55. The molecule has 0 atom stereocenters. The van der Waals surface area contributed by atoms with Crippen LogP contribution in [0, 0.1) is 0 Å². The molecule has 2 aliphatic rings. The second kappa shape index (κ2) is 5.95. The molecule has 1 heterocycles. The van der Waals surface area contributed by atoms with Crippen molar-refractivity contribution >= 4 is 23.4 Å². The van der Waals surface area contributed by atoms with Crippen molar-refractivity contribution in [2.45, 2.75) is 32.6 Å². The third-order valence-electron chi connectivity index (χ3n) is 4.07. The maximum atomic E-state index is 6.41. The lowest BCUT2D eigenvalue weighted by atomic mass is 9.96. The molecule has 1 aromatic rings. The molecule has 3 rings (SSSR count). The molecule has 0 fully saturated rings. The van der Waals surface area contributed by atoms with Gasteiger partial charge in [0.15, 0.2) is 0 Å². The third-order valence-corrected chi connectivity index (χ3v) is 4.39. The molecule has 0 amide bonds. The maximum absolute atomic E-state index is 6.41. The van der Waals surface area contributed by atoms with Crippen LogP contribution in [0.1, 0.15) is 43.7 Å². The van der Waals surface area contributed by atoms with Crippen LogP contribution in [0.25, 0.3) is 11.8 Å². The lowest BCUT2D eigenvalue weighted by molar-refractivity contribution is 0.563. The molecule has 0 saturated carbocycles. The van der Waals surface area contributed by atoms with Gasteiger partial charge in [0, 0.05) is 29.1 Å². The van der Waals surface area contributed by atoms with E-state index in [9.17, 15) is 0 Å². The molecule has 0 bridgehead atoms. The number of hydrogen-bond acceptors (Lipinski definition) is 1. The second-order valence-corrected chi connectivity index (χ2v) is 5.83. The van der Waals surface area contributed by atoms with E-state index in [0.717, 1.165) is 42.0 Å². The van der Waals surface area contributed by atoms with Crippen molar-refractivity contribution in [3.05, 3.63) is 70.5 Å². The van der Waals surface area contributed by atoms with E-state index in [0.29, 0.717) is 0 Å². The molecule has 1 aliphatic carbocycles. The maximum Gasteiger partial charge on any atom is 0.0505 e. The predicted molar refractivity (Wildman–Crippen MR) is 91.7 cm³/mol. The minimum atomic E-state index is 0.777. The Bertz CT molecular complexity index is 664. The molecule has 0 radical (unpaired) electrons. The molecular formula is C19H20ClN. The standard InChI is InChI=1S/C19H20ClN/c1-3-16-13-15-9-8-12-18(20)19(15)14(2)21(16)17-10-6-4-5-7-11-17/h4,6,8-9,11-13H,2-3,5,7,10H2,1H3. The topological polar surface area (TPSA) is 3.24 Å². The van der Waals surface area contributed by atoms with Crippen molar-refractivity contribution < 1.29 is 0 Å². The lowest BCUT2D eigenvalue weighted by Gasteiger charge is -2.35. The van der Waals surface area contributed by atoms with E-state index in [1.54, 1.807) is 0 Å². The molecule has 0 N–H and O–H groups in total. The Morgan fingerprint density at radius 2 is 2.10 bits per heavy atom. The Labute approximate surface area is 131 Å². The summed E-state index contributed by atoms with van der Waals surface area (Å²) < 4.78 is 0. The summed E-state index contributed by atoms with van der Waals surface area (Å²) in [5, 5.41) is 0.777. The fourth-order valence-corrected chi connectivity index (χ4v) is 3.34. The van der Waals surface area contributed by atoms with Gasteiger partial charge in [-0.25, -0.2) is 0 Å². The fourth-order valence-electron chi connectivity index (χ4n) is 3.05. The van der Waals surface area contributed by atoms with Gasteiger partial charge in [-0.3, -0.25) is 0 Å². The molecule has 21 heavy (non-hydrogen) atoms. The molecule has 0 aromatic heterocycles. The van der Waals surface area contributed by atoms with Crippen LogP contribution >= 0.6 is 11.6 Å². The number of rotatable bonds is 2. The fraction of sp³-hybridized carbons (Fsp3) is 0.263. The number of allylic oxidation sites excluding steroid dienone is 4. The molecule has 0 saturated heterocycles. The molecule has 2 heteroatoms. The van der Waals surface area contributed by atoms with Crippen molar-refractivity contribution in [1.29, 1.82) is 0 Å². The number of halogens is 1. The number of benzene rings is 1. The van der Waals surface area contributed by atoms with Crippen LogP contribution in [0.2, 0.25) is 5.02 Å². The Hall–Kier alpha value is -1.73. The predicted octanol–water partition coefficient (Wildman–Crippen LogP) is 6.00. The van der Waals surface area contributed by atoms with E-state index < -0.39 is 0 Å². The zero-order valence-electron chi connectivity index (χ0n) is 12.4. The van der Waals surface area contributed by atoms with Gasteiger partial charge in [0.2, 0.25) is 0 Å². The van der Waals surface area contributed by atoms with Crippen LogP contribution in [0.5, 0.6) is 0 Å². The highest BCUT2D eigenvalue weighted by atomic mass is 35.5. The highest BCUT2D eigenvalue weighted by Gasteiger charge is 2.25. The van der Waals surface area contributed by atoms with E-state index in [1.165, 1.54) is 17.0 Å². The van der Waals surface area contributed by atoms with Gasteiger partial charge >= 0.3 is 0 Å². The van der Waals surface area contributed by atoms with E-state index in [-0.39, 0.29) is 0 Å². The molecular weight excluding hydrogens is 278 g/mol. The van der Waals surface area contributed by atoms with Crippen molar-refractivity contribution in [3.63, 3.8) is 0 Å². The van der Waals surface area contributed by atoms with Gasteiger partial charge < -0.3 is 4.90 Å². The van der Waals surface area contributed by atoms with Crippen LogP contribution in [0.15, 0.2) is 54.4 Å². The third kappa shape index (κ3) is 2.58. The van der Waals surface area contributed by atoms with Crippen molar-refractivity contribution in [2.24, 2.45) is 0 Å². The minimum absolute atomic E-state index is 0.777. The first-order valence-corrected chi connectivity index (χ1v) is 7.92. The largest absolute Gasteiger partial charge is 0.318 e. The molecule has 0 unspecified atom stereocenters. The molecule has 1 nitrogen and oxygen atoms in total. The first kappa shape index (κ1) is 14.2. The van der Waals surface area contributed by atoms with Gasteiger partial charge in [0.25, 0.3) is 0 Å². The average molecular weight is 298 g/mol. The molecule has 0 spiro atoms. The lowest BCUT2D eigenvalue weighted by Crippen LogP contribution is -2.23. The van der Waals surface area contributed by atoms with Crippen LogP contribution in [-0.2, 0) is 0 Å². The summed E-state index contributed by atoms with van der Waals surface area (Å²) in [5.74, 6) is 0. The van der Waals surface area contributed by atoms with Crippen LogP contribution in [0.3, 0.4) is 0 Å². The van der Waals surface area contributed by atoms with Crippen molar-refractivity contribution in [3.8, 4) is 0 Å². The highest BCUT2D eigenvalue weighted by Crippen LogP contribution is 2.40. The summed E-state index contributed by atoms with van der Waals surface area (Å²) in [6, 6.07) is 6.05. The van der Waals surface area contributed by atoms with Crippen molar-refractivity contribution in [1.82, 2.24) is 4.90 Å². The summed E-state index contributed by atoms with van der Waals surface area (Å²) in [6.07, 6.45) is 13.2. The van der Waals surface area contributed by atoms with E-state index in [2.05, 4.69) is 48.8 Å². The smallest absolute Gasteiger partial charge is 0.0505 e. The molecule has 1 aromatic carbocycles. The SMILES string of the molecule is C=C1c2c(Cl)cccc2C=C(CC)N1C1=CCCC=CC1. The second-order valence-electron chi connectivity index (χ2n) is 5.42. The zero-order chi connectivity index (χ0) is 14.8. The quantitative estimate of drug-likeness (QED) is 0.605. The summed E-state index contributed by atoms with van der Waals surface area (Å²) >= 11 is 6.41. The summed E-state index contributed by atoms with van der Waals surface area (Å²) in [4.78, 5) is 2.30. The van der Waals surface area contributed by atoms with Crippen molar-refractivity contribution in [2.75, 3.05) is 0 Å². The normalized spacial score (nSPS) is 18.0. The molecule has 1 aliphatic heterocycles. The molecule has 108 valence electrons. The Balaban J connectivity index is 2.10. The van der Waals surface area contributed by atoms with Gasteiger partial charge in [0.1, 0.15) is 0 Å². The minimum Gasteiger partial charge on any atom is -0.318 e. The van der Waals surface area contributed by atoms with Gasteiger partial charge in [-0.05, 0) is 37.0 Å². The van der Waals surface area contributed by atoms with Gasteiger partial charge in [-0.15, -0.1) is 0 Å². The summed E-state index contributed by atoms with van der Waals surface area (Å²) in [5.41, 5.74) is 5.83. The van der Waals surface area contributed by atoms with Gasteiger partial charge in [0.05, 0.1) is 5.02 Å². The van der Waals surface area contributed by atoms with Crippen LogP contribution < -0.4 is 0 Å². The summed E-state index contributed by atoms with van der Waals surface area (Å²) in [6.45, 7) is 6.53. The van der Waals surface area contributed by atoms with E-state index in [1.807, 2.05) is 12.1 Å². The van der Waals surface area contributed by atoms with E-state index in [4.69, 9.17) is 11.6 Å².